The molecule has 0 aromatic carbocycles. The van der Waals surface area contributed by atoms with Gasteiger partial charge in [-0.1, -0.05) is 0 Å². The van der Waals surface area contributed by atoms with E-state index in [9.17, 15) is 0 Å². The number of carboxylic acid groups (broad SMARTS) is 4. The molecule has 9 heteroatoms. The van der Waals surface area contributed by atoms with Gasteiger partial charge in [0.25, 0.3) is 0 Å². The monoisotopic (exact) mass is 231 g/mol. The van der Waals surface area contributed by atoms with Crippen molar-refractivity contribution >= 4 is 23.9 Å². The Hall–Kier alpha value is -1.54. The van der Waals surface area contributed by atoms with Crippen molar-refractivity contribution in [2.24, 2.45) is 0 Å². The molecule has 0 aliphatic carbocycles. The van der Waals surface area contributed by atoms with Gasteiger partial charge in [0.15, 0.2) is 0 Å². The maximum atomic E-state index is 9.10. The fourth-order valence-electron chi connectivity index (χ4n) is 0. The molecule has 0 saturated carbocycles. The number of carbonyl (C=O) groups is 4. The summed E-state index contributed by atoms with van der Waals surface area (Å²) in [6.45, 7) is 0. The van der Waals surface area contributed by atoms with Crippen LogP contribution in [0.15, 0.2) is 0 Å². The van der Waals surface area contributed by atoms with Gasteiger partial charge in [-0.05, 0) is 0 Å². The maximum absolute atomic E-state index is 9.10. The Kier molecular flexibility index (Phi) is 11.5. The van der Waals surface area contributed by atoms with Gasteiger partial charge in [0.05, 0.1) is 0 Å². The van der Waals surface area contributed by atoms with Crippen molar-refractivity contribution in [3.63, 3.8) is 0 Å². The van der Waals surface area contributed by atoms with Gasteiger partial charge in [0.2, 0.25) is 0 Å². The van der Waals surface area contributed by atoms with Crippen molar-refractivity contribution in [3.05, 3.63) is 0 Å². The van der Waals surface area contributed by atoms with Crippen LogP contribution in [0.5, 0.6) is 0 Å². The van der Waals surface area contributed by atoms with Crippen LogP contribution >= 0.6 is 0 Å². The van der Waals surface area contributed by atoms with Crippen molar-refractivity contribution in [2.45, 2.75) is 0 Å². The number of hydrogen-bond donors (Lipinski definition) is 4. The first kappa shape index (κ1) is 17.5. The van der Waals surface area contributed by atoms with Gasteiger partial charge in [-0.2, -0.15) is 0 Å². The minimum Gasteiger partial charge on any atom is -0.473 e. The van der Waals surface area contributed by atoms with Crippen LogP contribution in [-0.4, -0.2) is 44.3 Å². The summed E-state index contributed by atoms with van der Waals surface area (Å²) in [5.74, 6) is -7.30. The largest absolute Gasteiger partial charge is 0.473 e. The Labute approximate surface area is 82.7 Å². The summed E-state index contributed by atoms with van der Waals surface area (Å²) in [6, 6.07) is 0. The molecular formula is C4H4O8V. The van der Waals surface area contributed by atoms with E-state index in [1.54, 1.807) is 0 Å². The van der Waals surface area contributed by atoms with Gasteiger partial charge in [-0.3, -0.25) is 0 Å². The minimum absolute atomic E-state index is 0. The number of aliphatic carboxylic acids is 4. The Morgan fingerprint density at radius 3 is 0.615 bits per heavy atom. The molecule has 0 aliphatic heterocycles. The predicted octanol–water partition coefficient (Wildman–Crippen LogP) is -1.69. The molecule has 13 heavy (non-hydrogen) atoms. The molecule has 0 aliphatic rings. The summed E-state index contributed by atoms with van der Waals surface area (Å²) >= 11 is 0. The first-order valence-corrected chi connectivity index (χ1v) is 2.21. The summed E-state index contributed by atoms with van der Waals surface area (Å²) in [4.78, 5) is 36.4. The van der Waals surface area contributed by atoms with Crippen molar-refractivity contribution in [1.29, 1.82) is 0 Å². The second-order valence-corrected chi connectivity index (χ2v) is 1.22. The topological polar surface area (TPSA) is 149 Å². The Balaban J connectivity index is -0.000000143. The van der Waals surface area contributed by atoms with Crippen molar-refractivity contribution in [3.8, 4) is 0 Å². The molecule has 0 atom stereocenters. The number of rotatable bonds is 0. The molecule has 0 amide bonds. The zero-order chi connectivity index (χ0) is 10.3. The zero-order valence-corrected chi connectivity index (χ0v) is 7.27. The summed E-state index contributed by atoms with van der Waals surface area (Å²) in [5, 5.41) is 29.6. The van der Waals surface area contributed by atoms with Crippen LogP contribution in [-0.2, 0) is 37.7 Å². The number of hydrogen-bond acceptors (Lipinski definition) is 4. The van der Waals surface area contributed by atoms with E-state index in [2.05, 4.69) is 0 Å². The van der Waals surface area contributed by atoms with Gasteiger partial charge >= 0.3 is 23.9 Å². The minimum atomic E-state index is -1.82. The van der Waals surface area contributed by atoms with E-state index in [1.807, 2.05) is 0 Å². The maximum Gasteiger partial charge on any atom is 0.414 e. The van der Waals surface area contributed by atoms with Crippen LogP contribution in [0.2, 0.25) is 0 Å². The molecule has 73 valence electrons. The summed E-state index contributed by atoms with van der Waals surface area (Å²) in [6.07, 6.45) is 0. The first-order chi connectivity index (χ1) is 5.29. The summed E-state index contributed by atoms with van der Waals surface area (Å²) in [7, 11) is 0. The second-order valence-electron chi connectivity index (χ2n) is 1.22. The fourth-order valence-corrected chi connectivity index (χ4v) is 0. The van der Waals surface area contributed by atoms with E-state index in [1.165, 1.54) is 0 Å². The van der Waals surface area contributed by atoms with E-state index < -0.39 is 23.9 Å². The molecule has 0 rings (SSSR count). The van der Waals surface area contributed by atoms with Crippen LogP contribution < -0.4 is 0 Å². The Bertz CT molecular complexity index is 172. The normalized spacial score (nSPS) is 6.77. The standard InChI is InChI=1S/2C2H2O4.V/c2*3-1(4)2(5)6;/h2*(H,3,4)(H,5,6);. The molecule has 0 unspecified atom stereocenters. The van der Waals surface area contributed by atoms with Gasteiger partial charge in [-0.15, -0.1) is 0 Å². The quantitative estimate of drug-likeness (QED) is 0.360. The zero-order valence-electron chi connectivity index (χ0n) is 5.87. The Morgan fingerprint density at radius 1 is 0.538 bits per heavy atom. The summed E-state index contributed by atoms with van der Waals surface area (Å²) < 4.78 is 0. The van der Waals surface area contributed by atoms with Gasteiger partial charge in [-0.25, -0.2) is 19.2 Å². The third kappa shape index (κ3) is 17.9. The second kappa shape index (κ2) is 8.56. The summed E-state index contributed by atoms with van der Waals surface area (Å²) in [5.41, 5.74) is 0. The van der Waals surface area contributed by atoms with E-state index in [4.69, 9.17) is 39.6 Å². The van der Waals surface area contributed by atoms with Crippen LogP contribution in [0, 0.1) is 0 Å². The molecule has 0 aromatic rings. The van der Waals surface area contributed by atoms with Crippen LogP contribution in [0.25, 0.3) is 0 Å². The van der Waals surface area contributed by atoms with Crippen LogP contribution in [0.3, 0.4) is 0 Å². The molecule has 0 fully saturated rings. The van der Waals surface area contributed by atoms with E-state index >= 15 is 0 Å². The van der Waals surface area contributed by atoms with Crippen molar-refractivity contribution in [1.82, 2.24) is 0 Å². The van der Waals surface area contributed by atoms with E-state index in [-0.39, 0.29) is 18.6 Å². The van der Waals surface area contributed by atoms with E-state index in [0.717, 1.165) is 0 Å². The SMILES string of the molecule is O=C(O)C(=O)O.O=C(O)C(=O)O.[V]. The van der Waals surface area contributed by atoms with Gasteiger partial charge < -0.3 is 20.4 Å². The van der Waals surface area contributed by atoms with Crippen LogP contribution in [0.1, 0.15) is 0 Å². The number of carboxylic acids is 4. The average Bonchev–Trinajstić information content (AvgIpc) is 1.88. The fraction of sp³-hybridized carbons (Fsp3) is 0. The average molecular weight is 231 g/mol. The first-order valence-electron chi connectivity index (χ1n) is 2.21. The predicted molar refractivity (Wildman–Crippen MR) is 30.5 cm³/mol. The van der Waals surface area contributed by atoms with Gasteiger partial charge in [0.1, 0.15) is 0 Å². The van der Waals surface area contributed by atoms with Crippen molar-refractivity contribution in [2.75, 3.05) is 0 Å². The van der Waals surface area contributed by atoms with Crippen LogP contribution in [0.4, 0.5) is 0 Å². The molecule has 8 nitrogen and oxygen atoms in total. The Morgan fingerprint density at radius 2 is 0.615 bits per heavy atom. The molecule has 4 N–H and O–H groups in total. The molecule has 1 radical (unpaired) electrons. The molecular weight excluding hydrogens is 227 g/mol. The molecule has 0 spiro atoms. The molecule has 0 bridgehead atoms. The third-order valence-corrected chi connectivity index (χ3v) is 0.366. The molecule has 0 saturated heterocycles. The van der Waals surface area contributed by atoms with E-state index in [0.29, 0.717) is 0 Å². The van der Waals surface area contributed by atoms with Gasteiger partial charge in [0, 0.05) is 18.6 Å². The van der Waals surface area contributed by atoms with Crippen molar-refractivity contribution < 1.29 is 58.2 Å². The smallest absolute Gasteiger partial charge is 0.414 e. The molecule has 0 aromatic heterocycles. The third-order valence-electron chi connectivity index (χ3n) is 0.366. The molecule has 0 heterocycles.